The molecule has 1 aromatic carbocycles. The fraction of sp³-hybridized carbons (Fsp3) is 0.368. The Kier molecular flexibility index (Phi) is 4.81. The minimum absolute atomic E-state index is 0.0563. The zero-order valence-electron chi connectivity index (χ0n) is 13.9. The molecule has 1 amide bonds. The van der Waals surface area contributed by atoms with Crippen LogP contribution in [0.3, 0.4) is 0 Å². The van der Waals surface area contributed by atoms with Gasteiger partial charge < -0.3 is 15.8 Å². The number of nitrogens with one attached hydrogen (secondary N) is 1. The molecule has 126 valence electrons. The second-order valence-corrected chi connectivity index (χ2v) is 6.43. The molecular weight excluding hydrogens is 302 g/mol. The van der Waals surface area contributed by atoms with Crippen molar-refractivity contribution in [1.82, 2.24) is 10.3 Å². The number of carbonyl (C=O) groups excluding carboxylic acids is 1. The number of benzene rings is 1. The van der Waals surface area contributed by atoms with Crippen LogP contribution in [-0.2, 0) is 4.74 Å². The third kappa shape index (κ3) is 3.57. The fourth-order valence-corrected chi connectivity index (χ4v) is 3.36. The standard InChI is InChI=1S/C19H23N3O2/c1-24-13-19(9-2-3-10-19)22-18(23)15-6-4-5-14(11-15)16-7-8-17(20)21-12-16/h4-8,11-12H,2-3,9-10,13H2,1H3,(H2,20,21)(H,22,23). The van der Waals surface area contributed by atoms with Gasteiger partial charge in [0.2, 0.25) is 0 Å². The van der Waals surface area contributed by atoms with E-state index in [0.717, 1.165) is 36.8 Å². The highest BCUT2D eigenvalue weighted by Gasteiger charge is 2.35. The van der Waals surface area contributed by atoms with E-state index in [-0.39, 0.29) is 11.4 Å². The quantitative estimate of drug-likeness (QED) is 0.886. The van der Waals surface area contributed by atoms with Crippen LogP contribution in [0.1, 0.15) is 36.0 Å². The Labute approximate surface area is 142 Å². The van der Waals surface area contributed by atoms with Crippen molar-refractivity contribution in [3.05, 3.63) is 48.2 Å². The lowest BCUT2D eigenvalue weighted by Gasteiger charge is -2.29. The average Bonchev–Trinajstić information content (AvgIpc) is 3.04. The predicted octanol–water partition coefficient (Wildman–Crippen LogP) is 3.02. The number of aromatic nitrogens is 1. The van der Waals surface area contributed by atoms with Gasteiger partial charge in [-0.15, -0.1) is 0 Å². The largest absolute Gasteiger partial charge is 0.384 e. The zero-order valence-corrected chi connectivity index (χ0v) is 13.9. The molecule has 0 spiro atoms. The molecule has 1 aliphatic carbocycles. The van der Waals surface area contributed by atoms with Gasteiger partial charge in [-0.1, -0.05) is 25.0 Å². The molecule has 0 aliphatic heterocycles. The first-order valence-corrected chi connectivity index (χ1v) is 8.25. The highest BCUT2D eigenvalue weighted by Crippen LogP contribution is 2.30. The molecule has 24 heavy (non-hydrogen) atoms. The highest BCUT2D eigenvalue weighted by molar-refractivity contribution is 5.96. The molecule has 0 bridgehead atoms. The molecule has 0 radical (unpaired) electrons. The number of nitrogens with zero attached hydrogens (tertiary/aromatic N) is 1. The molecular formula is C19H23N3O2. The van der Waals surface area contributed by atoms with Gasteiger partial charge in [-0.3, -0.25) is 4.79 Å². The first-order chi connectivity index (χ1) is 11.6. The lowest BCUT2D eigenvalue weighted by atomic mass is 9.97. The van der Waals surface area contributed by atoms with Crippen molar-refractivity contribution in [3.8, 4) is 11.1 Å². The van der Waals surface area contributed by atoms with Crippen molar-refractivity contribution in [1.29, 1.82) is 0 Å². The number of amides is 1. The Morgan fingerprint density at radius 1 is 1.25 bits per heavy atom. The summed E-state index contributed by atoms with van der Waals surface area (Å²) in [5, 5.41) is 3.20. The van der Waals surface area contributed by atoms with Gasteiger partial charge >= 0.3 is 0 Å². The van der Waals surface area contributed by atoms with Crippen LogP contribution in [0.4, 0.5) is 5.82 Å². The predicted molar refractivity (Wildman–Crippen MR) is 94.6 cm³/mol. The molecule has 1 aliphatic rings. The fourth-order valence-electron chi connectivity index (χ4n) is 3.36. The average molecular weight is 325 g/mol. The summed E-state index contributed by atoms with van der Waals surface area (Å²) in [6, 6.07) is 11.2. The summed E-state index contributed by atoms with van der Waals surface area (Å²) in [6.45, 7) is 0.556. The summed E-state index contributed by atoms with van der Waals surface area (Å²) in [6.07, 6.45) is 5.90. The Balaban J connectivity index is 1.80. The molecule has 2 aromatic rings. The number of carbonyl (C=O) groups is 1. The number of rotatable bonds is 5. The number of pyridine rings is 1. The topological polar surface area (TPSA) is 77.2 Å². The molecule has 1 fully saturated rings. The number of ether oxygens (including phenoxy) is 1. The smallest absolute Gasteiger partial charge is 0.251 e. The summed E-state index contributed by atoms with van der Waals surface area (Å²) in [5.74, 6) is 0.426. The number of hydrogen-bond acceptors (Lipinski definition) is 4. The Morgan fingerprint density at radius 3 is 2.71 bits per heavy atom. The van der Waals surface area contributed by atoms with E-state index in [4.69, 9.17) is 10.5 Å². The van der Waals surface area contributed by atoms with Gasteiger partial charge in [0.05, 0.1) is 12.1 Å². The summed E-state index contributed by atoms with van der Waals surface area (Å²) < 4.78 is 5.34. The lowest BCUT2D eigenvalue weighted by molar-refractivity contribution is 0.0767. The van der Waals surface area contributed by atoms with Crippen molar-refractivity contribution in [3.63, 3.8) is 0 Å². The molecule has 1 aromatic heterocycles. The molecule has 5 heteroatoms. The van der Waals surface area contributed by atoms with E-state index < -0.39 is 0 Å². The van der Waals surface area contributed by atoms with E-state index in [2.05, 4.69) is 10.3 Å². The number of methoxy groups -OCH3 is 1. The number of anilines is 1. The molecule has 0 atom stereocenters. The van der Waals surface area contributed by atoms with Crippen LogP contribution in [0.15, 0.2) is 42.6 Å². The van der Waals surface area contributed by atoms with Gasteiger partial charge in [0.15, 0.2) is 0 Å². The second kappa shape index (κ2) is 7.01. The maximum absolute atomic E-state index is 12.7. The molecule has 0 unspecified atom stereocenters. The minimum atomic E-state index is -0.232. The van der Waals surface area contributed by atoms with Crippen molar-refractivity contribution in [2.75, 3.05) is 19.5 Å². The Bertz CT molecular complexity index is 707. The molecule has 3 N–H and O–H groups in total. The number of nitrogen functional groups attached to an aromatic ring is 1. The molecule has 0 saturated heterocycles. The maximum Gasteiger partial charge on any atom is 0.251 e. The highest BCUT2D eigenvalue weighted by atomic mass is 16.5. The number of nitrogens with two attached hydrogens (primary N) is 1. The third-order valence-electron chi connectivity index (χ3n) is 4.60. The van der Waals surface area contributed by atoms with Crippen LogP contribution >= 0.6 is 0 Å². The van der Waals surface area contributed by atoms with E-state index >= 15 is 0 Å². The SMILES string of the molecule is COCC1(NC(=O)c2cccc(-c3ccc(N)nc3)c2)CCCC1. The van der Waals surface area contributed by atoms with Crippen LogP contribution in [0.25, 0.3) is 11.1 Å². The molecule has 1 heterocycles. The second-order valence-electron chi connectivity index (χ2n) is 6.43. The summed E-state index contributed by atoms with van der Waals surface area (Å²) in [5.41, 5.74) is 7.93. The van der Waals surface area contributed by atoms with Crippen LogP contribution in [0.5, 0.6) is 0 Å². The first-order valence-electron chi connectivity index (χ1n) is 8.25. The maximum atomic E-state index is 12.7. The van der Waals surface area contributed by atoms with Gasteiger partial charge in [-0.05, 0) is 42.7 Å². The Morgan fingerprint density at radius 2 is 2.04 bits per heavy atom. The summed E-state index contributed by atoms with van der Waals surface area (Å²) in [4.78, 5) is 16.8. The zero-order chi connectivity index (χ0) is 17.0. The van der Waals surface area contributed by atoms with Gasteiger partial charge in [0.1, 0.15) is 5.82 Å². The van der Waals surface area contributed by atoms with Crippen LogP contribution in [0, 0.1) is 0 Å². The van der Waals surface area contributed by atoms with Gasteiger partial charge in [0, 0.05) is 24.4 Å². The normalized spacial score (nSPS) is 16.0. The van der Waals surface area contributed by atoms with Crippen molar-refractivity contribution in [2.24, 2.45) is 0 Å². The van der Waals surface area contributed by atoms with E-state index in [1.807, 2.05) is 30.3 Å². The monoisotopic (exact) mass is 325 g/mol. The molecule has 1 saturated carbocycles. The van der Waals surface area contributed by atoms with Gasteiger partial charge in [-0.25, -0.2) is 4.98 Å². The van der Waals surface area contributed by atoms with Gasteiger partial charge in [-0.2, -0.15) is 0 Å². The van der Waals surface area contributed by atoms with Gasteiger partial charge in [0.25, 0.3) is 5.91 Å². The molecule has 5 nitrogen and oxygen atoms in total. The van der Waals surface area contributed by atoms with E-state index in [1.165, 1.54) is 0 Å². The number of hydrogen-bond donors (Lipinski definition) is 2. The van der Waals surface area contributed by atoms with Crippen LogP contribution < -0.4 is 11.1 Å². The lowest BCUT2D eigenvalue weighted by Crippen LogP contribution is -2.49. The summed E-state index contributed by atoms with van der Waals surface area (Å²) >= 11 is 0. The minimum Gasteiger partial charge on any atom is -0.384 e. The Hall–Kier alpha value is -2.40. The van der Waals surface area contributed by atoms with E-state index in [9.17, 15) is 4.79 Å². The first kappa shape index (κ1) is 16.5. The van der Waals surface area contributed by atoms with Crippen molar-refractivity contribution in [2.45, 2.75) is 31.2 Å². The van der Waals surface area contributed by atoms with Crippen LogP contribution in [0.2, 0.25) is 0 Å². The van der Waals surface area contributed by atoms with E-state index in [0.29, 0.717) is 18.0 Å². The third-order valence-corrected chi connectivity index (χ3v) is 4.60. The van der Waals surface area contributed by atoms with Crippen molar-refractivity contribution < 1.29 is 9.53 Å². The van der Waals surface area contributed by atoms with Crippen LogP contribution in [-0.4, -0.2) is 30.1 Å². The molecule has 3 rings (SSSR count). The van der Waals surface area contributed by atoms with Crippen molar-refractivity contribution >= 4 is 11.7 Å². The van der Waals surface area contributed by atoms with E-state index in [1.54, 1.807) is 19.4 Å². The summed E-state index contributed by atoms with van der Waals surface area (Å²) in [7, 11) is 1.68.